The summed E-state index contributed by atoms with van der Waals surface area (Å²) in [7, 11) is 0. The van der Waals surface area contributed by atoms with Gasteiger partial charge in [0.1, 0.15) is 16.3 Å². The summed E-state index contributed by atoms with van der Waals surface area (Å²) in [6.45, 7) is 1.91. The molecule has 88 valence electrons. The lowest BCUT2D eigenvalue weighted by molar-refractivity contribution is 0.627. The molecule has 0 aliphatic heterocycles. The minimum absolute atomic E-state index is 0.344. The molecule has 1 N–H and O–H groups in total. The molecule has 0 aliphatic carbocycles. The lowest BCUT2D eigenvalue weighted by atomic mass is 10.1. The Labute approximate surface area is 108 Å². The van der Waals surface area contributed by atoms with Crippen molar-refractivity contribution < 1.29 is 4.39 Å². The zero-order valence-electron chi connectivity index (χ0n) is 9.13. The number of rotatable bonds is 2. The molecule has 1 aromatic heterocycles. The standard InChI is InChI=1S/C12H10ClFN2S/c1-7-4-12(17)16-11(15-7)5-8-2-3-9(14)6-10(8)13/h2-4,6H,5H2,1H3,(H,15,16,17). The van der Waals surface area contributed by atoms with Crippen LogP contribution in [-0.2, 0) is 6.42 Å². The molecule has 2 aromatic rings. The molecule has 1 heterocycles. The highest BCUT2D eigenvalue weighted by Crippen LogP contribution is 2.19. The van der Waals surface area contributed by atoms with Gasteiger partial charge in [0.05, 0.1) is 0 Å². The maximum atomic E-state index is 12.9. The van der Waals surface area contributed by atoms with E-state index in [1.807, 2.05) is 6.92 Å². The topological polar surface area (TPSA) is 28.7 Å². The average molecular weight is 269 g/mol. The third kappa shape index (κ3) is 3.11. The molecule has 5 heteroatoms. The number of aromatic nitrogens is 2. The molecule has 0 radical (unpaired) electrons. The SMILES string of the molecule is Cc1cc(=S)nc(Cc2ccc(F)cc2Cl)[nH]1. The predicted molar refractivity (Wildman–Crippen MR) is 68.4 cm³/mol. The average Bonchev–Trinajstić information content (AvgIpc) is 2.21. The molecule has 1 aromatic carbocycles. The Balaban J connectivity index is 2.34. The van der Waals surface area contributed by atoms with Crippen LogP contribution < -0.4 is 0 Å². The van der Waals surface area contributed by atoms with Crippen LogP contribution in [0.25, 0.3) is 0 Å². The number of nitrogens with one attached hydrogen (secondary N) is 1. The second-order valence-electron chi connectivity index (χ2n) is 3.76. The van der Waals surface area contributed by atoms with Crippen LogP contribution in [0.15, 0.2) is 24.3 Å². The van der Waals surface area contributed by atoms with E-state index in [4.69, 9.17) is 23.8 Å². The van der Waals surface area contributed by atoms with Gasteiger partial charge in [0.2, 0.25) is 0 Å². The van der Waals surface area contributed by atoms with Gasteiger partial charge in [-0.1, -0.05) is 29.9 Å². The zero-order chi connectivity index (χ0) is 12.4. The first-order valence-electron chi connectivity index (χ1n) is 5.05. The van der Waals surface area contributed by atoms with Gasteiger partial charge in [-0.2, -0.15) is 0 Å². The first kappa shape index (κ1) is 12.2. The zero-order valence-corrected chi connectivity index (χ0v) is 10.7. The third-order valence-electron chi connectivity index (χ3n) is 2.30. The van der Waals surface area contributed by atoms with Gasteiger partial charge in [-0.25, -0.2) is 9.37 Å². The number of benzene rings is 1. The first-order valence-corrected chi connectivity index (χ1v) is 5.84. The Morgan fingerprint density at radius 1 is 1.41 bits per heavy atom. The molecule has 0 bridgehead atoms. The summed E-state index contributed by atoms with van der Waals surface area (Å²) in [5, 5.41) is 0.396. The quantitative estimate of drug-likeness (QED) is 0.839. The monoisotopic (exact) mass is 268 g/mol. The molecule has 0 saturated heterocycles. The van der Waals surface area contributed by atoms with Gasteiger partial charge in [-0.3, -0.25) is 0 Å². The van der Waals surface area contributed by atoms with Crippen molar-refractivity contribution in [3.63, 3.8) is 0 Å². The summed E-state index contributed by atoms with van der Waals surface area (Å²) in [6.07, 6.45) is 0.504. The lowest BCUT2D eigenvalue weighted by Crippen LogP contribution is -1.99. The van der Waals surface area contributed by atoms with Crippen molar-refractivity contribution in [2.45, 2.75) is 13.3 Å². The summed E-state index contributed by atoms with van der Waals surface area (Å²) in [6, 6.07) is 6.11. The summed E-state index contributed by atoms with van der Waals surface area (Å²) in [5.74, 6) is 0.382. The van der Waals surface area contributed by atoms with Crippen LogP contribution in [0.4, 0.5) is 4.39 Å². The molecule has 0 spiro atoms. The van der Waals surface area contributed by atoms with E-state index in [0.717, 1.165) is 17.1 Å². The molecule has 17 heavy (non-hydrogen) atoms. The van der Waals surface area contributed by atoms with E-state index in [9.17, 15) is 4.39 Å². The Bertz CT molecular complexity index is 610. The molecule has 2 nitrogen and oxygen atoms in total. The normalized spacial score (nSPS) is 10.5. The van der Waals surface area contributed by atoms with Crippen molar-refractivity contribution in [2.75, 3.05) is 0 Å². The Morgan fingerprint density at radius 2 is 2.18 bits per heavy atom. The third-order valence-corrected chi connectivity index (χ3v) is 2.86. The van der Waals surface area contributed by atoms with Gasteiger partial charge >= 0.3 is 0 Å². The molecule has 0 saturated carbocycles. The Hall–Kier alpha value is -1.26. The van der Waals surface area contributed by atoms with Gasteiger partial charge < -0.3 is 4.98 Å². The van der Waals surface area contributed by atoms with Gasteiger partial charge in [0.25, 0.3) is 0 Å². The lowest BCUT2D eigenvalue weighted by Gasteiger charge is -2.05. The predicted octanol–water partition coefficient (Wildman–Crippen LogP) is 3.83. The largest absolute Gasteiger partial charge is 0.347 e. The Morgan fingerprint density at radius 3 is 2.82 bits per heavy atom. The van der Waals surface area contributed by atoms with Crippen molar-refractivity contribution in [3.8, 4) is 0 Å². The number of H-pyrrole nitrogens is 1. The number of aryl methyl sites for hydroxylation is 1. The van der Waals surface area contributed by atoms with Crippen LogP contribution in [0.5, 0.6) is 0 Å². The van der Waals surface area contributed by atoms with Crippen molar-refractivity contribution in [1.82, 2.24) is 9.97 Å². The number of hydrogen-bond donors (Lipinski definition) is 1. The van der Waals surface area contributed by atoms with Crippen LogP contribution in [0.3, 0.4) is 0 Å². The summed E-state index contributed by atoms with van der Waals surface area (Å²) in [5.41, 5.74) is 1.76. The van der Waals surface area contributed by atoms with Crippen LogP contribution >= 0.6 is 23.8 Å². The first-order chi connectivity index (χ1) is 8.04. The summed E-state index contributed by atoms with van der Waals surface area (Å²) >= 11 is 11.0. The highest BCUT2D eigenvalue weighted by molar-refractivity contribution is 7.71. The minimum Gasteiger partial charge on any atom is -0.347 e. The van der Waals surface area contributed by atoms with E-state index in [1.165, 1.54) is 12.1 Å². The molecule has 2 rings (SSSR count). The molecule has 0 unspecified atom stereocenters. The van der Waals surface area contributed by atoms with Crippen LogP contribution in [0.1, 0.15) is 17.1 Å². The van der Waals surface area contributed by atoms with Crippen LogP contribution in [0.2, 0.25) is 5.02 Å². The maximum absolute atomic E-state index is 12.9. The smallest absolute Gasteiger partial charge is 0.129 e. The van der Waals surface area contributed by atoms with Crippen molar-refractivity contribution >= 4 is 23.8 Å². The van der Waals surface area contributed by atoms with E-state index >= 15 is 0 Å². The fourth-order valence-corrected chi connectivity index (χ4v) is 2.09. The maximum Gasteiger partial charge on any atom is 0.129 e. The molecule has 0 atom stereocenters. The van der Waals surface area contributed by atoms with Crippen molar-refractivity contribution in [1.29, 1.82) is 0 Å². The number of hydrogen-bond acceptors (Lipinski definition) is 2. The second-order valence-corrected chi connectivity index (χ2v) is 4.59. The van der Waals surface area contributed by atoms with E-state index in [-0.39, 0.29) is 5.82 Å². The fourth-order valence-electron chi connectivity index (χ4n) is 1.57. The summed E-state index contributed by atoms with van der Waals surface area (Å²) in [4.78, 5) is 7.31. The fraction of sp³-hybridized carbons (Fsp3) is 0.167. The van der Waals surface area contributed by atoms with E-state index < -0.39 is 0 Å². The number of nitrogens with zero attached hydrogens (tertiary/aromatic N) is 1. The number of aromatic amines is 1. The molecule has 0 aliphatic rings. The number of halogens is 2. The minimum atomic E-state index is -0.344. The summed E-state index contributed by atoms with van der Waals surface area (Å²) < 4.78 is 13.4. The molecular formula is C12H10ClFN2S. The van der Waals surface area contributed by atoms with Gasteiger partial charge in [-0.05, 0) is 30.7 Å². The Kier molecular flexibility index (Phi) is 3.54. The van der Waals surface area contributed by atoms with Crippen LogP contribution in [-0.4, -0.2) is 9.97 Å². The van der Waals surface area contributed by atoms with Crippen LogP contribution in [0, 0.1) is 17.4 Å². The van der Waals surface area contributed by atoms with E-state index in [0.29, 0.717) is 16.1 Å². The highest BCUT2D eigenvalue weighted by Gasteiger charge is 2.05. The van der Waals surface area contributed by atoms with Gasteiger partial charge in [-0.15, -0.1) is 0 Å². The molecule has 0 amide bonds. The van der Waals surface area contributed by atoms with E-state index in [2.05, 4.69) is 9.97 Å². The molecule has 0 fully saturated rings. The highest BCUT2D eigenvalue weighted by atomic mass is 35.5. The van der Waals surface area contributed by atoms with E-state index in [1.54, 1.807) is 12.1 Å². The van der Waals surface area contributed by atoms with Gasteiger partial charge in [0.15, 0.2) is 0 Å². The van der Waals surface area contributed by atoms with Crippen molar-refractivity contribution in [3.05, 3.63) is 56.8 Å². The molecular weight excluding hydrogens is 259 g/mol. The van der Waals surface area contributed by atoms with Crippen molar-refractivity contribution in [2.24, 2.45) is 0 Å². The van der Waals surface area contributed by atoms with Gasteiger partial charge in [0, 0.05) is 17.1 Å². The second kappa shape index (κ2) is 4.94.